The molecule has 1 aromatic rings. The zero-order valence-electron chi connectivity index (χ0n) is 14.8. The predicted molar refractivity (Wildman–Crippen MR) is 106 cm³/mol. The maximum atomic E-state index is 10.3. The molecule has 130 valence electrons. The SMILES string of the molecule is CCC(C)(C)CCCc1cc(O)c(CCCC2(I)CC2)c(O)c1. The number of phenolic OH excluding ortho intramolecular Hbond substituents is 2. The maximum absolute atomic E-state index is 10.3. The van der Waals surface area contributed by atoms with Crippen LogP contribution in [0.3, 0.4) is 0 Å². The van der Waals surface area contributed by atoms with E-state index in [1.54, 1.807) is 0 Å². The van der Waals surface area contributed by atoms with Crippen molar-refractivity contribution in [2.24, 2.45) is 5.41 Å². The molecule has 0 heterocycles. The molecule has 0 unspecified atom stereocenters. The molecule has 1 saturated carbocycles. The van der Waals surface area contributed by atoms with Gasteiger partial charge in [0.25, 0.3) is 0 Å². The van der Waals surface area contributed by atoms with E-state index in [0.29, 0.717) is 8.84 Å². The van der Waals surface area contributed by atoms with Crippen molar-refractivity contribution < 1.29 is 10.2 Å². The summed E-state index contributed by atoms with van der Waals surface area (Å²) in [6.45, 7) is 6.82. The summed E-state index contributed by atoms with van der Waals surface area (Å²) in [4.78, 5) is 0. The van der Waals surface area contributed by atoms with Gasteiger partial charge in [-0.05, 0) is 74.5 Å². The lowest BCUT2D eigenvalue weighted by atomic mass is 9.84. The summed E-state index contributed by atoms with van der Waals surface area (Å²) >= 11 is 2.55. The second-order valence-electron chi connectivity index (χ2n) is 7.99. The molecular weight excluding hydrogens is 399 g/mol. The molecule has 0 aliphatic heterocycles. The standard InChI is InChI=1S/C20H31IO2/c1-4-19(2,3)9-5-7-15-13-17(22)16(18(23)14-15)8-6-10-20(21)11-12-20/h13-14,22-23H,4-12H2,1-3H3. The van der Waals surface area contributed by atoms with Gasteiger partial charge in [-0.1, -0.05) is 49.8 Å². The lowest BCUT2D eigenvalue weighted by Crippen LogP contribution is -2.09. The summed E-state index contributed by atoms with van der Waals surface area (Å²) < 4.78 is 0.509. The minimum atomic E-state index is 0.271. The third-order valence-corrected chi connectivity index (χ3v) is 7.00. The summed E-state index contributed by atoms with van der Waals surface area (Å²) in [6, 6.07) is 3.70. The number of hydrogen-bond donors (Lipinski definition) is 2. The monoisotopic (exact) mass is 430 g/mol. The van der Waals surface area contributed by atoms with E-state index in [0.717, 1.165) is 36.8 Å². The molecule has 23 heavy (non-hydrogen) atoms. The van der Waals surface area contributed by atoms with E-state index in [9.17, 15) is 10.2 Å². The van der Waals surface area contributed by atoms with Crippen LogP contribution in [0.2, 0.25) is 0 Å². The van der Waals surface area contributed by atoms with Crippen molar-refractivity contribution in [3.8, 4) is 11.5 Å². The predicted octanol–water partition coefficient (Wildman–Crippen LogP) is 6.15. The first-order chi connectivity index (χ1) is 10.7. The number of phenols is 2. The van der Waals surface area contributed by atoms with E-state index in [1.807, 2.05) is 12.1 Å². The van der Waals surface area contributed by atoms with Gasteiger partial charge in [-0.2, -0.15) is 0 Å². The van der Waals surface area contributed by atoms with Crippen molar-refractivity contribution in [3.05, 3.63) is 23.3 Å². The second kappa shape index (κ2) is 7.62. The number of alkyl halides is 1. The van der Waals surface area contributed by atoms with Crippen LogP contribution in [0.15, 0.2) is 12.1 Å². The van der Waals surface area contributed by atoms with E-state index in [1.165, 1.54) is 32.1 Å². The third-order valence-electron chi connectivity index (χ3n) is 5.38. The molecule has 0 radical (unpaired) electrons. The summed E-state index contributed by atoms with van der Waals surface area (Å²) in [7, 11) is 0. The van der Waals surface area contributed by atoms with Crippen LogP contribution in [-0.2, 0) is 12.8 Å². The summed E-state index contributed by atoms with van der Waals surface area (Å²) in [5, 5.41) is 20.5. The molecule has 0 spiro atoms. The van der Waals surface area contributed by atoms with Gasteiger partial charge in [0.2, 0.25) is 0 Å². The first-order valence-electron chi connectivity index (χ1n) is 8.97. The fourth-order valence-electron chi connectivity index (χ4n) is 3.01. The van der Waals surface area contributed by atoms with Crippen LogP contribution in [0, 0.1) is 5.41 Å². The zero-order chi connectivity index (χ0) is 17.1. The van der Waals surface area contributed by atoms with Crippen molar-refractivity contribution in [2.45, 2.75) is 82.0 Å². The molecule has 0 amide bonds. The highest BCUT2D eigenvalue weighted by Gasteiger charge is 2.38. The fourth-order valence-corrected chi connectivity index (χ4v) is 3.67. The minimum absolute atomic E-state index is 0.271. The molecule has 1 aromatic carbocycles. The van der Waals surface area contributed by atoms with E-state index in [-0.39, 0.29) is 11.5 Å². The number of hydrogen-bond acceptors (Lipinski definition) is 2. The quantitative estimate of drug-likeness (QED) is 0.365. The molecule has 1 aliphatic rings. The Kier molecular flexibility index (Phi) is 6.26. The van der Waals surface area contributed by atoms with Crippen LogP contribution < -0.4 is 0 Å². The Morgan fingerprint density at radius 2 is 1.70 bits per heavy atom. The Morgan fingerprint density at radius 3 is 2.22 bits per heavy atom. The van der Waals surface area contributed by atoms with Gasteiger partial charge in [-0.3, -0.25) is 0 Å². The van der Waals surface area contributed by atoms with Crippen LogP contribution in [0.4, 0.5) is 0 Å². The Balaban J connectivity index is 1.88. The molecule has 3 heteroatoms. The van der Waals surface area contributed by atoms with Gasteiger partial charge in [-0.25, -0.2) is 0 Å². The molecule has 2 nitrogen and oxygen atoms in total. The Labute approximate surface area is 154 Å². The highest BCUT2D eigenvalue weighted by atomic mass is 127. The molecule has 1 fully saturated rings. The highest BCUT2D eigenvalue weighted by molar-refractivity contribution is 14.1. The van der Waals surface area contributed by atoms with Gasteiger partial charge in [0.05, 0.1) is 0 Å². The van der Waals surface area contributed by atoms with Gasteiger partial charge < -0.3 is 10.2 Å². The number of aromatic hydroxyl groups is 2. The summed E-state index contributed by atoms with van der Waals surface area (Å²) in [5.41, 5.74) is 2.15. The van der Waals surface area contributed by atoms with E-state index in [2.05, 4.69) is 43.4 Å². The number of rotatable bonds is 9. The summed E-state index contributed by atoms with van der Waals surface area (Å²) in [5.74, 6) is 0.543. The maximum Gasteiger partial charge on any atom is 0.122 e. The average molecular weight is 430 g/mol. The van der Waals surface area contributed by atoms with Crippen LogP contribution in [0.5, 0.6) is 11.5 Å². The third kappa shape index (κ3) is 5.84. The molecular formula is C20H31IO2. The normalized spacial score (nSPS) is 16.5. The lowest BCUT2D eigenvalue weighted by molar-refractivity contribution is 0.313. The van der Waals surface area contributed by atoms with Crippen LogP contribution in [0.1, 0.15) is 76.8 Å². The van der Waals surface area contributed by atoms with Crippen molar-refractivity contribution in [3.63, 3.8) is 0 Å². The first-order valence-corrected chi connectivity index (χ1v) is 10.1. The van der Waals surface area contributed by atoms with Crippen molar-refractivity contribution in [1.82, 2.24) is 0 Å². The molecule has 0 atom stereocenters. The Bertz CT molecular complexity index is 509. The van der Waals surface area contributed by atoms with Crippen LogP contribution in [0.25, 0.3) is 0 Å². The number of halogens is 1. The molecule has 2 rings (SSSR count). The van der Waals surface area contributed by atoms with E-state index >= 15 is 0 Å². The van der Waals surface area contributed by atoms with Gasteiger partial charge in [0.15, 0.2) is 0 Å². The van der Waals surface area contributed by atoms with Gasteiger partial charge in [-0.15, -0.1) is 0 Å². The minimum Gasteiger partial charge on any atom is -0.508 e. The second-order valence-corrected chi connectivity index (χ2v) is 10.3. The fraction of sp³-hybridized carbons (Fsp3) is 0.700. The molecule has 2 N–H and O–H groups in total. The van der Waals surface area contributed by atoms with E-state index in [4.69, 9.17) is 0 Å². The molecule has 1 aliphatic carbocycles. The van der Waals surface area contributed by atoms with Crippen molar-refractivity contribution >= 4 is 22.6 Å². The van der Waals surface area contributed by atoms with Crippen LogP contribution in [-0.4, -0.2) is 13.6 Å². The average Bonchev–Trinajstić information content (AvgIpc) is 3.20. The number of aryl methyl sites for hydroxylation is 1. The topological polar surface area (TPSA) is 40.5 Å². The van der Waals surface area contributed by atoms with Gasteiger partial charge in [0, 0.05) is 8.99 Å². The van der Waals surface area contributed by atoms with Gasteiger partial charge in [0.1, 0.15) is 11.5 Å². The lowest BCUT2D eigenvalue weighted by Gasteiger charge is -2.22. The van der Waals surface area contributed by atoms with Crippen molar-refractivity contribution in [1.29, 1.82) is 0 Å². The molecule has 0 saturated heterocycles. The Morgan fingerprint density at radius 1 is 1.09 bits per heavy atom. The van der Waals surface area contributed by atoms with E-state index < -0.39 is 0 Å². The summed E-state index contributed by atoms with van der Waals surface area (Å²) in [6.07, 6.45) is 9.99. The van der Waals surface area contributed by atoms with Crippen molar-refractivity contribution in [2.75, 3.05) is 0 Å². The smallest absolute Gasteiger partial charge is 0.122 e. The molecule has 0 bridgehead atoms. The first kappa shape index (κ1) is 18.9. The number of benzene rings is 1. The Hall–Kier alpha value is -0.450. The van der Waals surface area contributed by atoms with Crippen LogP contribution >= 0.6 is 22.6 Å². The molecule has 0 aromatic heterocycles. The largest absolute Gasteiger partial charge is 0.508 e. The zero-order valence-corrected chi connectivity index (χ0v) is 16.9. The highest BCUT2D eigenvalue weighted by Crippen LogP contribution is 2.49. The van der Waals surface area contributed by atoms with Gasteiger partial charge >= 0.3 is 0 Å².